The Balaban J connectivity index is 2.15. The van der Waals surface area contributed by atoms with Crippen molar-refractivity contribution < 1.29 is 14.3 Å². The fraction of sp³-hybridized carbons (Fsp3) is 0.158. The van der Waals surface area contributed by atoms with Crippen molar-refractivity contribution in [2.45, 2.75) is 20.8 Å². The Hall–Kier alpha value is -3.15. The molecule has 128 valence electrons. The van der Waals surface area contributed by atoms with E-state index < -0.39 is 11.8 Å². The van der Waals surface area contributed by atoms with Crippen molar-refractivity contribution in [2.75, 3.05) is 5.32 Å². The van der Waals surface area contributed by atoms with Crippen LogP contribution in [0.2, 0.25) is 0 Å². The number of carboxylic acid groups (broad SMARTS) is 1. The van der Waals surface area contributed by atoms with Crippen LogP contribution >= 0.6 is 0 Å². The molecule has 0 aliphatic carbocycles. The van der Waals surface area contributed by atoms with Crippen molar-refractivity contribution in [3.63, 3.8) is 0 Å². The molecule has 1 aromatic heterocycles. The van der Waals surface area contributed by atoms with E-state index in [0.29, 0.717) is 22.9 Å². The first-order valence-corrected chi connectivity index (χ1v) is 7.80. The molecule has 0 saturated heterocycles. The summed E-state index contributed by atoms with van der Waals surface area (Å²) < 4.78 is 15.8. The first-order valence-electron chi connectivity index (χ1n) is 7.80. The molecule has 0 radical (unpaired) electrons. The molecule has 3 aromatic rings. The third-order valence-electron chi connectivity index (χ3n) is 3.99. The lowest BCUT2D eigenvalue weighted by Gasteiger charge is -2.15. The van der Waals surface area contributed by atoms with Crippen LogP contribution in [0.4, 0.5) is 15.9 Å². The van der Waals surface area contributed by atoms with E-state index >= 15 is 0 Å². The number of aryl methyl sites for hydroxylation is 3. The molecule has 0 fully saturated rings. The molecular weight excluding hydrogens is 321 g/mol. The summed E-state index contributed by atoms with van der Waals surface area (Å²) in [5, 5.41) is 16.9. The van der Waals surface area contributed by atoms with Gasteiger partial charge in [0.25, 0.3) is 0 Å². The molecule has 0 spiro atoms. The van der Waals surface area contributed by atoms with Crippen LogP contribution in [0.3, 0.4) is 0 Å². The van der Waals surface area contributed by atoms with Gasteiger partial charge >= 0.3 is 5.97 Å². The van der Waals surface area contributed by atoms with E-state index in [0.717, 1.165) is 11.1 Å². The minimum absolute atomic E-state index is 0.149. The number of aromatic nitrogens is 2. The van der Waals surface area contributed by atoms with Gasteiger partial charge in [-0.05, 0) is 44.0 Å². The second kappa shape index (κ2) is 6.39. The van der Waals surface area contributed by atoms with Crippen molar-refractivity contribution in [1.82, 2.24) is 9.78 Å². The van der Waals surface area contributed by atoms with Gasteiger partial charge in [-0.1, -0.05) is 24.3 Å². The summed E-state index contributed by atoms with van der Waals surface area (Å²) in [5.74, 6) is -0.923. The minimum atomic E-state index is -1.03. The number of carboxylic acids is 1. The lowest BCUT2D eigenvalue weighted by molar-refractivity contribution is 0.0698. The van der Waals surface area contributed by atoms with Crippen LogP contribution in [0.1, 0.15) is 27.2 Å². The molecule has 5 nitrogen and oxygen atoms in total. The third-order valence-corrected chi connectivity index (χ3v) is 3.99. The van der Waals surface area contributed by atoms with Crippen molar-refractivity contribution in [1.29, 1.82) is 0 Å². The van der Waals surface area contributed by atoms with Gasteiger partial charge in [-0.15, -0.1) is 0 Å². The fourth-order valence-corrected chi connectivity index (χ4v) is 2.79. The van der Waals surface area contributed by atoms with Gasteiger partial charge in [-0.25, -0.2) is 13.9 Å². The Morgan fingerprint density at radius 3 is 2.48 bits per heavy atom. The first kappa shape index (κ1) is 16.7. The van der Waals surface area contributed by atoms with E-state index in [1.807, 2.05) is 13.0 Å². The summed E-state index contributed by atoms with van der Waals surface area (Å²) in [4.78, 5) is 11.5. The van der Waals surface area contributed by atoms with Crippen molar-refractivity contribution >= 4 is 17.5 Å². The molecule has 3 rings (SSSR count). The average Bonchev–Trinajstić information content (AvgIpc) is 2.89. The van der Waals surface area contributed by atoms with Crippen LogP contribution < -0.4 is 5.32 Å². The number of hydrogen-bond acceptors (Lipinski definition) is 3. The number of rotatable bonds is 4. The van der Waals surface area contributed by atoms with Gasteiger partial charge in [-0.3, -0.25) is 0 Å². The average molecular weight is 339 g/mol. The number of benzene rings is 2. The smallest absolute Gasteiger partial charge is 0.337 e. The maximum absolute atomic E-state index is 14.4. The molecular formula is C19H18FN3O2. The Labute approximate surface area is 144 Å². The standard InChI is InChI=1S/C19H18FN3O2/c1-11-6-4-8-14(19(24)25)17(11)21-16-10-13(3)22-23(16)18-12(2)7-5-9-15(18)20/h4-10,21H,1-3H3,(H,24,25). The molecule has 0 aliphatic rings. The van der Waals surface area contributed by atoms with Crippen LogP contribution in [-0.2, 0) is 0 Å². The Bertz CT molecular complexity index is 943. The zero-order valence-corrected chi connectivity index (χ0v) is 14.2. The third kappa shape index (κ3) is 3.10. The van der Waals surface area contributed by atoms with Crippen LogP contribution in [0, 0.1) is 26.6 Å². The first-order chi connectivity index (χ1) is 11.9. The van der Waals surface area contributed by atoms with Crippen molar-refractivity contribution in [3.8, 4) is 5.69 Å². The second-order valence-corrected chi connectivity index (χ2v) is 5.92. The molecule has 0 bridgehead atoms. The normalized spacial score (nSPS) is 10.7. The molecule has 1 heterocycles. The summed E-state index contributed by atoms with van der Waals surface area (Å²) in [6.45, 7) is 5.42. The highest BCUT2D eigenvalue weighted by molar-refractivity contribution is 5.96. The molecule has 2 aromatic carbocycles. The molecule has 25 heavy (non-hydrogen) atoms. The zero-order valence-electron chi connectivity index (χ0n) is 14.2. The van der Waals surface area contributed by atoms with E-state index in [1.165, 1.54) is 16.8 Å². The van der Waals surface area contributed by atoms with E-state index in [4.69, 9.17) is 0 Å². The predicted molar refractivity (Wildman–Crippen MR) is 94.4 cm³/mol. The number of carbonyl (C=O) groups is 1. The highest BCUT2D eigenvalue weighted by atomic mass is 19.1. The number of anilines is 2. The maximum atomic E-state index is 14.4. The molecule has 2 N–H and O–H groups in total. The largest absolute Gasteiger partial charge is 0.478 e. The van der Waals surface area contributed by atoms with Crippen LogP contribution in [0.5, 0.6) is 0 Å². The van der Waals surface area contributed by atoms with Crippen LogP contribution in [0.15, 0.2) is 42.5 Å². The summed E-state index contributed by atoms with van der Waals surface area (Å²) in [6.07, 6.45) is 0. The number of aromatic carboxylic acids is 1. The molecule has 0 atom stereocenters. The molecule has 0 saturated carbocycles. The SMILES string of the molecule is Cc1cc(Nc2c(C)cccc2C(=O)O)n(-c2c(C)cccc2F)n1. The van der Waals surface area contributed by atoms with E-state index in [-0.39, 0.29) is 5.56 Å². The minimum Gasteiger partial charge on any atom is -0.478 e. The number of para-hydroxylation sites is 2. The topological polar surface area (TPSA) is 67.2 Å². The number of nitrogens with one attached hydrogen (secondary N) is 1. The highest BCUT2D eigenvalue weighted by Crippen LogP contribution is 2.29. The summed E-state index contributed by atoms with van der Waals surface area (Å²) >= 11 is 0. The summed E-state index contributed by atoms with van der Waals surface area (Å²) in [5.41, 5.74) is 3.14. The Morgan fingerprint density at radius 2 is 1.80 bits per heavy atom. The molecule has 0 unspecified atom stereocenters. The van der Waals surface area contributed by atoms with Crippen LogP contribution in [0.25, 0.3) is 5.69 Å². The second-order valence-electron chi connectivity index (χ2n) is 5.92. The van der Waals surface area contributed by atoms with Gasteiger partial charge in [0, 0.05) is 6.07 Å². The Kier molecular flexibility index (Phi) is 4.27. The number of nitrogens with zero attached hydrogens (tertiary/aromatic N) is 2. The van der Waals surface area contributed by atoms with Crippen molar-refractivity contribution in [3.05, 3.63) is 70.7 Å². The van der Waals surface area contributed by atoms with Gasteiger partial charge in [-0.2, -0.15) is 5.10 Å². The van der Waals surface area contributed by atoms with Gasteiger partial charge in [0.05, 0.1) is 16.9 Å². The summed E-state index contributed by atoms with van der Waals surface area (Å²) in [6, 6.07) is 11.6. The van der Waals surface area contributed by atoms with Gasteiger partial charge in [0.2, 0.25) is 0 Å². The van der Waals surface area contributed by atoms with Gasteiger partial charge in [0.15, 0.2) is 0 Å². The van der Waals surface area contributed by atoms with E-state index in [1.54, 1.807) is 38.1 Å². The van der Waals surface area contributed by atoms with Crippen molar-refractivity contribution in [2.24, 2.45) is 0 Å². The number of halogens is 1. The molecule has 0 amide bonds. The lowest BCUT2D eigenvalue weighted by atomic mass is 10.1. The number of hydrogen-bond donors (Lipinski definition) is 2. The lowest BCUT2D eigenvalue weighted by Crippen LogP contribution is -2.09. The van der Waals surface area contributed by atoms with Crippen LogP contribution in [-0.4, -0.2) is 20.9 Å². The molecule has 0 aliphatic heterocycles. The molecule has 6 heteroatoms. The van der Waals surface area contributed by atoms with E-state index in [2.05, 4.69) is 10.4 Å². The quantitative estimate of drug-likeness (QED) is 0.740. The Morgan fingerprint density at radius 1 is 1.12 bits per heavy atom. The zero-order chi connectivity index (χ0) is 18.1. The van der Waals surface area contributed by atoms with E-state index in [9.17, 15) is 14.3 Å². The highest BCUT2D eigenvalue weighted by Gasteiger charge is 2.17. The summed E-state index contributed by atoms with van der Waals surface area (Å²) in [7, 11) is 0. The van der Waals surface area contributed by atoms with Gasteiger partial charge in [0.1, 0.15) is 17.3 Å². The monoisotopic (exact) mass is 339 g/mol. The van der Waals surface area contributed by atoms with Gasteiger partial charge < -0.3 is 10.4 Å². The predicted octanol–water partition coefficient (Wildman–Crippen LogP) is 4.38. The fourth-order valence-electron chi connectivity index (χ4n) is 2.79. The maximum Gasteiger partial charge on any atom is 0.337 e.